The molecule has 0 radical (unpaired) electrons. The summed E-state index contributed by atoms with van der Waals surface area (Å²) < 4.78 is 10.9. The Morgan fingerprint density at radius 3 is 2.88 bits per heavy atom. The summed E-state index contributed by atoms with van der Waals surface area (Å²) in [5.74, 6) is 1.79. The molecule has 0 N–H and O–H groups in total. The van der Waals surface area contributed by atoms with Crippen molar-refractivity contribution >= 4 is 16.7 Å². The standard InChI is InChI=1S/C20H27N3O2/c1-24-15-16-6-7-22(13-16)14-18-12-17-4-2-3-5-19(17)21-20(18)23-8-10-25-11-9-23/h2-5,12,16H,6-11,13-15H2,1H3. The number of methoxy groups -OCH3 is 1. The number of nitrogens with zero attached hydrogens (tertiary/aromatic N) is 3. The molecule has 25 heavy (non-hydrogen) atoms. The third-order valence-electron chi connectivity index (χ3n) is 5.26. The molecule has 2 saturated heterocycles. The van der Waals surface area contributed by atoms with E-state index in [1.807, 2.05) is 0 Å². The van der Waals surface area contributed by atoms with E-state index in [0.29, 0.717) is 5.92 Å². The lowest BCUT2D eigenvalue weighted by molar-refractivity contribution is 0.122. The van der Waals surface area contributed by atoms with Crippen LogP contribution in [-0.4, -0.2) is 63.0 Å². The Morgan fingerprint density at radius 1 is 1.20 bits per heavy atom. The third kappa shape index (κ3) is 3.78. The Balaban J connectivity index is 1.61. The number of benzene rings is 1. The second kappa shape index (κ2) is 7.68. The minimum Gasteiger partial charge on any atom is -0.384 e. The van der Waals surface area contributed by atoms with Crippen LogP contribution in [0.1, 0.15) is 12.0 Å². The summed E-state index contributed by atoms with van der Waals surface area (Å²) in [7, 11) is 1.80. The van der Waals surface area contributed by atoms with Crippen molar-refractivity contribution in [3.05, 3.63) is 35.9 Å². The highest BCUT2D eigenvalue weighted by molar-refractivity contribution is 5.81. The molecular weight excluding hydrogens is 314 g/mol. The number of aromatic nitrogens is 1. The van der Waals surface area contributed by atoms with Crippen LogP contribution in [-0.2, 0) is 16.0 Å². The molecule has 2 aromatic rings. The predicted molar refractivity (Wildman–Crippen MR) is 100 cm³/mol. The van der Waals surface area contributed by atoms with Crippen LogP contribution in [0.15, 0.2) is 30.3 Å². The zero-order valence-electron chi connectivity index (χ0n) is 15.0. The first-order valence-corrected chi connectivity index (χ1v) is 9.26. The van der Waals surface area contributed by atoms with Gasteiger partial charge in [0, 0.05) is 44.2 Å². The topological polar surface area (TPSA) is 37.8 Å². The first kappa shape index (κ1) is 16.8. The number of hydrogen-bond acceptors (Lipinski definition) is 5. The third-order valence-corrected chi connectivity index (χ3v) is 5.26. The highest BCUT2D eigenvalue weighted by atomic mass is 16.5. The van der Waals surface area contributed by atoms with E-state index in [2.05, 4.69) is 40.1 Å². The van der Waals surface area contributed by atoms with E-state index in [-0.39, 0.29) is 0 Å². The van der Waals surface area contributed by atoms with Crippen LogP contribution >= 0.6 is 0 Å². The monoisotopic (exact) mass is 341 g/mol. The molecule has 0 amide bonds. The van der Waals surface area contributed by atoms with Crippen molar-refractivity contribution in [2.45, 2.75) is 13.0 Å². The molecule has 2 fully saturated rings. The summed E-state index contributed by atoms with van der Waals surface area (Å²) in [5.41, 5.74) is 2.41. The molecule has 0 saturated carbocycles. The van der Waals surface area contributed by atoms with E-state index in [1.54, 1.807) is 7.11 Å². The first-order valence-electron chi connectivity index (χ1n) is 9.26. The first-order chi connectivity index (χ1) is 12.3. The van der Waals surface area contributed by atoms with E-state index >= 15 is 0 Å². The number of fused-ring (bicyclic) bond motifs is 1. The molecule has 134 valence electrons. The van der Waals surface area contributed by atoms with Gasteiger partial charge in [-0.1, -0.05) is 18.2 Å². The average Bonchev–Trinajstić information content (AvgIpc) is 3.09. The van der Waals surface area contributed by atoms with Gasteiger partial charge in [0.25, 0.3) is 0 Å². The van der Waals surface area contributed by atoms with Gasteiger partial charge < -0.3 is 14.4 Å². The second-order valence-electron chi connectivity index (χ2n) is 7.11. The maximum atomic E-state index is 5.53. The van der Waals surface area contributed by atoms with E-state index in [1.165, 1.54) is 17.4 Å². The Morgan fingerprint density at radius 2 is 2.04 bits per heavy atom. The lowest BCUT2D eigenvalue weighted by Crippen LogP contribution is -2.37. The average molecular weight is 341 g/mol. The van der Waals surface area contributed by atoms with Gasteiger partial charge in [0.05, 0.1) is 25.3 Å². The molecule has 5 heteroatoms. The molecule has 0 aliphatic carbocycles. The van der Waals surface area contributed by atoms with E-state index in [0.717, 1.165) is 63.9 Å². The van der Waals surface area contributed by atoms with Crippen LogP contribution in [0.5, 0.6) is 0 Å². The summed E-state index contributed by atoms with van der Waals surface area (Å²) in [6.07, 6.45) is 1.22. The highest BCUT2D eigenvalue weighted by Gasteiger charge is 2.25. The Kier molecular flexibility index (Phi) is 5.15. The van der Waals surface area contributed by atoms with Gasteiger partial charge in [-0.25, -0.2) is 4.98 Å². The van der Waals surface area contributed by atoms with Crippen LogP contribution in [0, 0.1) is 5.92 Å². The molecule has 1 unspecified atom stereocenters. The molecule has 2 aliphatic heterocycles. The summed E-state index contributed by atoms with van der Waals surface area (Å²) in [6.45, 7) is 7.50. The van der Waals surface area contributed by atoms with Gasteiger partial charge in [-0.2, -0.15) is 0 Å². The van der Waals surface area contributed by atoms with Crippen LogP contribution in [0.4, 0.5) is 5.82 Å². The van der Waals surface area contributed by atoms with Crippen LogP contribution in [0.25, 0.3) is 10.9 Å². The SMILES string of the molecule is COCC1CCN(Cc2cc3ccccc3nc2N2CCOCC2)C1. The zero-order chi connectivity index (χ0) is 17.1. The lowest BCUT2D eigenvalue weighted by atomic mass is 10.1. The quantitative estimate of drug-likeness (QED) is 0.835. The number of ether oxygens (including phenoxy) is 2. The van der Waals surface area contributed by atoms with Crippen LogP contribution in [0.2, 0.25) is 0 Å². The van der Waals surface area contributed by atoms with Crippen LogP contribution < -0.4 is 4.90 Å². The van der Waals surface area contributed by atoms with Gasteiger partial charge in [-0.05, 0) is 31.0 Å². The van der Waals surface area contributed by atoms with Crippen LogP contribution in [0.3, 0.4) is 0 Å². The number of likely N-dealkylation sites (tertiary alicyclic amines) is 1. The number of para-hydroxylation sites is 1. The molecular formula is C20H27N3O2. The number of anilines is 1. The van der Waals surface area contributed by atoms with Gasteiger partial charge in [0.2, 0.25) is 0 Å². The van der Waals surface area contributed by atoms with Crippen molar-refractivity contribution in [3.63, 3.8) is 0 Å². The lowest BCUT2D eigenvalue weighted by Gasteiger charge is -2.30. The fraction of sp³-hybridized carbons (Fsp3) is 0.550. The van der Waals surface area contributed by atoms with Crippen molar-refractivity contribution in [2.75, 3.05) is 58.0 Å². The second-order valence-corrected chi connectivity index (χ2v) is 7.11. The minimum absolute atomic E-state index is 0.658. The fourth-order valence-electron chi connectivity index (χ4n) is 3.98. The number of pyridine rings is 1. The molecule has 0 bridgehead atoms. The normalized spacial score (nSPS) is 22.0. The molecule has 5 nitrogen and oxygen atoms in total. The number of hydrogen-bond donors (Lipinski definition) is 0. The van der Waals surface area contributed by atoms with E-state index < -0.39 is 0 Å². The predicted octanol–water partition coefficient (Wildman–Crippen LogP) is 2.54. The molecule has 1 aromatic heterocycles. The van der Waals surface area contributed by atoms with Gasteiger partial charge in [0.1, 0.15) is 5.82 Å². The molecule has 3 heterocycles. The summed E-state index contributed by atoms with van der Waals surface area (Å²) >= 11 is 0. The minimum atomic E-state index is 0.658. The maximum absolute atomic E-state index is 5.53. The molecule has 0 spiro atoms. The summed E-state index contributed by atoms with van der Waals surface area (Å²) in [5, 5.41) is 1.22. The van der Waals surface area contributed by atoms with E-state index in [4.69, 9.17) is 14.5 Å². The largest absolute Gasteiger partial charge is 0.384 e. The van der Waals surface area contributed by atoms with Crippen molar-refractivity contribution in [1.29, 1.82) is 0 Å². The van der Waals surface area contributed by atoms with Gasteiger partial charge >= 0.3 is 0 Å². The maximum Gasteiger partial charge on any atom is 0.133 e. The van der Waals surface area contributed by atoms with Crippen molar-refractivity contribution in [2.24, 2.45) is 5.92 Å². The highest BCUT2D eigenvalue weighted by Crippen LogP contribution is 2.27. The Labute approximate surface area is 149 Å². The van der Waals surface area contributed by atoms with Crippen molar-refractivity contribution < 1.29 is 9.47 Å². The Hall–Kier alpha value is -1.69. The van der Waals surface area contributed by atoms with Crippen molar-refractivity contribution in [1.82, 2.24) is 9.88 Å². The zero-order valence-corrected chi connectivity index (χ0v) is 15.0. The molecule has 1 atom stereocenters. The Bertz CT molecular complexity index is 715. The number of rotatable bonds is 5. The van der Waals surface area contributed by atoms with Crippen molar-refractivity contribution in [3.8, 4) is 0 Å². The van der Waals surface area contributed by atoms with Gasteiger partial charge in [0.15, 0.2) is 0 Å². The van der Waals surface area contributed by atoms with Gasteiger partial charge in [-0.3, -0.25) is 4.90 Å². The summed E-state index contributed by atoms with van der Waals surface area (Å²) in [4.78, 5) is 9.94. The van der Waals surface area contributed by atoms with Gasteiger partial charge in [-0.15, -0.1) is 0 Å². The smallest absolute Gasteiger partial charge is 0.133 e. The molecule has 1 aromatic carbocycles. The summed E-state index contributed by atoms with van der Waals surface area (Å²) in [6, 6.07) is 10.7. The fourth-order valence-corrected chi connectivity index (χ4v) is 3.98. The molecule has 2 aliphatic rings. The van der Waals surface area contributed by atoms with E-state index in [9.17, 15) is 0 Å². The number of morpholine rings is 1. The molecule has 4 rings (SSSR count).